The molecular formula is C9H16N2O4. The molecular weight excluding hydrogens is 200 g/mol. The highest BCUT2D eigenvalue weighted by Crippen LogP contribution is 2.14. The Kier molecular flexibility index (Phi) is 3.65. The summed E-state index contributed by atoms with van der Waals surface area (Å²) in [7, 11) is 0. The molecule has 0 radical (unpaired) electrons. The monoisotopic (exact) mass is 216 g/mol. The Hall–Kier alpha value is -1.14. The van der Waals surface area contributed by atoms with Crippen molar-refractivity contribution in [2.24, 2.45) is 0 Å². The molecule has 0 aromatic heterocycles. The van der Waals surface area contributed by atoms with E-state index >= 15 is 0 Å². The molecule has 0 unspecified atom stereocenters. The Balaban J connectivity index is 2.21. The number of carbonyl (C=O) groups excluding carboxylic acids is 1. The second-order valence-corrected chi connectivity index (χ2v) is 3.97. The van der Waals surface area contributed by atoms with Crippen LogP contribution in [0.2, 0.25) is 0 Å². The average molecular weight is 216 g/mol. The van der Waals surface area contributed by atoms with E-state index in [0.29, 0.717) is 0 Å². The number of rotatable bonds is 5. The fourth-order valence-corrected chi connectivity index (χ4v) is 1.16. The standard InChI is InChI=1S/C9H16N2O4/c1-6(8(13)14)11-7(12)3-15-9(2)4-10-5-9/h6,10H,3-5H2,1-2H3,(H,11,12)(H,13,14)/t6-/m1/s1. The Bertz CT molecular complexity index is 263. The van der Waals surface area contributed by atoms with Crippen molar-refractivity contribution in [3.63, 3.8) is 0 Å². The van der Waals surface area contributed by atoms with Gasteiger partial charge in [0.05, 0.1) is 5.60 Å². The molecule has 0 aliphatic carbocycles. The maximum Gasteiger partial charge on any atom is 0.325 e. The third-order valence-corrected chi connectivity index (χ3v) is 2.30. The second-order valence-electron chi connectivity index (χ2n) is 3.97. The van der Waals surface area contributed by atoms with Gasteiger partial charge in [-0.25, -0.2) is 0 Å². The summed E-state index contributed by atoms with van der Waals surface area (Å²) in [5.74, 6) is -1.46. The first-order valence-corrected chi connectivity index (χ1v) is 4.80. The Labute approximate surface area is 88.0 Å². The number of hydrogen-bond acceptors (Lipinski definition) is 4. The van der Waals surface area contributed by atoms with Crippen LogP contribution in [-0.2, 0) is 14.3 Å². The van der Waals surface area contributed by atoms with Crippen molar-refractivity contribution < 1.29 is 19.4 Å². The molecule has 1 rings (SSSR count). The van der Waals surface area contributed by atoms with Crippen LogP contribution in [0, 0.1) is 0 Å². The highest BCUT2D eigenvalue weighted by Gasteiger charge is 2.33. The average Bonchev–Trinajstić information content (AvgIpc) is 2.11. The van der Waals surface area contributed by atoms with Crippen LogP contribution >= 0.6 is 0 Å². The number of ether oxygens (including phenoxy) is 1. The van der Waals surface area contributed by atoms with Crippen molar-refractivity contribution in [3.8, 4) is 0 Å². The van der Waals surface area contributed by atoms with Crippen LogP contribution in [0.5, 0.6) is 0 Å². The van der Waals surface area contributed by atoms with E-state index in [0.717, 1.165) is 13.1 Å². The topological polar surface area (TPSA) is 87.7 Å². The van der Waals surface area contributed by atoms with Crippen molar-refractivity contribution in [3.05, 3.63) is 0 Å². The van der Waals surface area contributed by atoms with Crippen molar-refractivity contribution >= 4 is 11.9 Å². The number of hydrogen-bond donors (Lipinski definition) is 3. The van der Waals surface area contributed by atoms with Gasteiger partial charge in [0.1, 0.15) is 12.6 Å². The van der Waals surface area contributed by atoms with Gasteiger partial charge in [0.25, 0.3) is 0 Å². The van der Waals surface area contributed by atoms with Crippen LogP contribution < -0.4 is 10.6 Å². The molecule has 0 saturated carbocycles. The van der Waals surface area contributed by atoms with Gasteiger partial charge in [0.2, 0.25) is 5.91 Å². The lowest BCUT2D eigenvalue weighted by molar-refractivity contribution is -0.144. The molecule has 1 aliphatic heterocycles. The van der Waals surface area contributed by atoms with Gasteiger partial charge in [-0.2, -0.15) is 0 Å². The number of carboxylic acids is 1. The van der Waals surface area contributed by atoms with Crippen LogP contribution in [0.3, 0.4) is 0 Å². The minimum Gasteiger partial charge on any atom is -0.480 e. The molecule has 1 atom stereocenters. The van der Waals surface area contributed by atoms with E-state index in [9.17, 15) is 9.59 Å². The molecule has 0 spiro atoms. The molecule has 86 valence electrons. The van der Waals surface area contributed by atoms with Gasteiger partial charge in [-0.05, 0) is 13.8 Å². The van der Waals surface area contributed by atoms with Crippen molar-refractivity contribution in [1.82, 2.24) is 10.6 Å². The highest BCUT2D eigenvalue weighted by atomic mass is 16.5. The molecule has 15 heavy (non-hydrogen) atoms. The first-order chi connectivity index (χ1) is 6.93. The largest absolute Gasteiger partial charge is 0.480 e. The molecule has 1 saturated heterocycles. The van der Waals surface area contributed by atoms with E-state index in [1.54, 1.807) is 0 Å². The maximum atomic E-state index is 11.2. The quantitative estimate of drug-likeness (QED) is 0.546. The maximum absolute atomic E-state index is 11.2. The van der Waals surface area contributed by atoms with Gasteiger partial charge in [-0.15, -0.1) is 0 Å². The van der Waals surface area contributed by atoms with Crippen LogP contribution in [0.1, 0.15) is 13.8 Å². The molecule has 6 heteroatoms. The summed E-state index contributed by atoms with van der Waals surface area (Å²) < 4.78 is 5.34. The van der Waals surface area contributed by atoms with Crippen molar-refractivity contribution in [1.29, 1.82) is 0 Å². The summed E-state index contributed by atoms with van der Waals surface area (Å²) in [6.07, 6.45) is 0. The van der Waals surface area contributed by atoms with Gasteiger partial charge in [0, 0.05) is 13.1 Å². The van der Waals surface area contributed by atoms with Gasteiger partial charge in [0.15, 0.2) is 0 Å². The summed E-state index contributed by atoms with van der Waals surface area (Å²) in [5, 5.41) is 13.9. The lowest BCUT2D eigenvalue weighted by Crippen LogP contribution is -2.59. The normalized spacial score (nSPS) is 20.1. The highest BCUT2D eigenvalue weighted by molar-refractivity contribution is 5.83. The summed E-state index contributed by atoms with van der Waals surface area (Å²) in [5.41, 5.74) is -0.288. The molecule has 1 amide bonds. The molecule has 0 aromatic carbocycles. The minimum absolute atomic E-state index is 0.101. The molecule has 1 fully saturated rings. The SMILES string of the molecule is C[C@@H](NC(=O)COC1(C)CNC1)C(=O)O. The van der Waals surface area contributed by atoms with E-state index in [1.165, 1.54) is 6.92 Å². The van der Waals surface area contributed by atoms with Crippen LogP contribution in [0.25, 0.3) is 0 Å². The predicted octanol–water partition coefficient (Wildman–Crippen LogP) is -1.05. The Morgan fingerprint density at radius 3 is 2.60 bits per heavy atom. The van der Waals surface area contributed by atoms with Gasteiger partial charge < -0.3 is 20.5 Å². The number of amides is 1. The lowest BCUT2D eigenvalue weighted by atomic mass is 10.0. The molecule has 1 aliphatic rings. The van der Waals surface area contributed by atoms with E-state index in [-0.39, 0.29) is 12.2 Å². The Morgan fingerprint density at radius 1 is 1.60 bits per heavy atom. The summed E-state index contributed by atoms with van der Waals surface area (Å²) in [6.45, 7) is 4.64. The molecule has 6 nitrogen and oxygen atoms in total. The van der Waals surface area contributed by atoms with Crippen molar-refractivity contribution in [2.45, 2.75) is 25.5 Å². The lowest BCUT2D eigenvalue weighted by Gasteiger charge is -2.38. The van der Waals surface area contributed by atoms with Gasteiger partial charge >= 0.3 is 5.97 Å². The van der Waals surface area contributed by atoms with E-state index in [1.807, 2.05) is 6.92 Å². The summed E-state index contributed by atoms with van der Waals surface area (Å²) >= 11 is 0. The second kappa shape index (κ2) is 4.59. The van der Waals surface area contributed by atoms with Gasteiger partial charge in [-0.3, -0.25) is 9.59 Å². The zero-order valence-corrected chi connectivity index (χ0v) is 8.87. The van der Waals surface area contributed by atoms with Crippen LogP contribution in [0.15, 0.2) is 0 Å². The summed E-state index contributed by atoms with van der Waals surface area (Å²) in [6, 6.07) is -0.881. The number of nitrogens with one attached hydrogen (secondary N) is 2. The fourth-order valence-electron chi connectivity index (χ4n) is 1.16. The smallest absolute Gasteiger partial charge is 0.325 e. The molecule has 0 aromatic rings. The van der Waals surface area contributed by atoms with Gasteiger partial charge in [-0.1, -0.05) is 0 Å². The number of aliphatic carboxylic acids is 1. The zero-order chi connectivity index (χ0) is 11.5. The third kappa shape index (κ3) is 3.49. The van der Waals surface area contributed by atoms with Crippen molar-refractivity contribution in [2.75, 3.05) is 19.7 Å². The Morgan fingerprint density at radius 2 is 2.20 bits per heavy atom. The number of carbonyl (C=O) groups is 2. The molecule has 0 bridgehead atoms. The van der Waals surface area contributed by atoms with E-state index in [2.05, 4.69) is 10.6 Å². The zero-order valence-electron chi connectivity index (χ0n) is 8.87. The first kappa shape index (κ1) is 11.9. The first-order valence-electron chi connectivity index (χ1n) is 4.80. The van der Waals surface area contributed by atoms with E-state index in [4.69, 9.17) is 9.84 Å². The summed E-state index contributed by atoms with van der Waals surface area (Å²) in [4.78, 5) is 21.7. The number of carboxylic acid groups (broad SMARTS) is 1. The van der Waals surface area contributed by atoms with Crippen LogP contribution in [0.4, 0.5) is 0 Å². The minimum atomic E-state index is -1.06. The van der Waals surface area contributed by atoms with Crippen LogP contribution in [-0.4, -0.2) is 48.3 Å². The molecule has 3 N–H and O–H groups in total. The third-order valence-electron chi connectivity index (χ3n) is 2.30. The molecule has 1 heterocycles. The predicted molar refractivity (Wildman–Crippen MR) is 52.5 cm³/mol. The fraction of sp³-hybridized carbons (Fsp3) is 0.778. The van der Waals surface area contributed by atoms with E-state index < -0.39 is 17.9 Å².